The largest absolute Gasteiger partial charge is 0.306 e. The molecule has 2 aromatic carbocycles. The van der Waals surface area contributed by atoms with Gasteiger partial charge in [-0.15, -0.1) is 0 Å². The summed E-state index contributed by atoms with van der Waals surface area (Å²) in [5, 5.41) is 10.6. The van der Waals surface area contributed by atoms with Gasteiger partial charge in [-0.2, -0.15) is 4.39 Å². The van der Waals surface area contributed by atoms with E-state index in [4.69, 9.17) is 0 Å². The topological polar surface area (TPSA) is 43.1 Å². The zero-order valence-electron chi connectivity index (χ0n) is 8.56. The number of nitro groups is 1. The van der Waals surface area contributed by atoms with Crippen LogP contribution in [0.25, 0.3) is 11.1 Å². The number of halogens is 2. The van der Waals surface area contributed by atoms with E-state index in [9.17, 15) is 14.5 Å². The molecule has 0 unspecified atom stereocenters. The fourth-order valence-electron chi connectivity index (χ4n) is 1.52. The van der Waals surface area contributed by atoms with Crippen molar-refractivity contribution in [1.82, 2.24) is 0 Å². The van der Waals surface area contributed by atoms with Gasteiger partial charge in [0.15, 0.2) is 0 Å². The third-order valence-corrected chi connectivity index (χ3v) is 3.12. The molecule has 0 saturated heterocycles. The van der Waals surface area contributed by atoms with Crippen LogP contribution < -0.4 is 0 Å². The molecule has 0 spiro atoms. The summed E-state index contributed by atoms with van der Waals surface area (Å²) in [6.07, 6.45) is 0. The number of rotatable bonds is 2. The van der Waals surface area contributed by atoms with Gasteiger partial charge in [-0.1, -0.05) is 30.3 Å². The molecular weight excluding hydrogens is 289 g/mol. The van der Waals surface area contributed by atoms with Crippen LogP contribution in [0.5, 0.6) is 0 Å². The zero-order valence-corrected chi connectivity index (χ0v) is 10.1. The minimum absolute atomic E-state index is 0.109. The Hall–Kier alpha value is -1.75. The smallest absolute Gasteiger partial charge is 0.258 e. The molecule has 0 atom stereocenters. The third kappa shape index (κ3) is 2.19. The summed E-state index contributed by atoms with van der Waals surface area (Å²) in [6, 6.07) is 11.8. The van der Waals surface area contributed by atoms with Gasteiger partial charge >= 0.3 is 5.69 Å². The molecule has 0 aliphatic carbocycles. The SMILES string of the molecule is O=[N+]([O-])c1ccc(-c2ccccc2)c(Br)c1F. The van der Waals surface area contributed by atoms with Crippen molar-refractivity contribution < 1.29 is 9.31 Å². The Morgan fingerprint density at radius 3 is 2.35 bits per heavy atom. The van der Waals surface area contributed by atoms with Crippen LogP contribution in [0.4, 0.5) is 10.1 Å². The lowest BCUT2D eigenvalue weighted by Gasteiger charge is -2.05. The van der Waals surface area contributed by atoms with E-state index in [1.165, 1.54) is 12.1 Å². The van der Waals surface area contributed by atoms with Crippen LogP contribution in [0.15, 0.2) is 46.9 Å². The van der Waals surface area contributed by atoms with E-state index < -0.39 is 16.4 Å². The molecule has 2 rings (SSSR count). The van der Waals surface area contributed by atoms with Gasteiger partial charge in [0, 0.05) is 6.07 Å². The van der Waals surface area contributed by atoms with Crippen LogP contribution in [0.1, 0.15) is 0 Å². The molecule has 3 nitrogen and oxygen atoms in total. The van der Waals surface area contributed by atoms with Crippen LogP contribution in [0, 0.1) is 15.9 Å². The van der Waals surface area contributed by atoms with E-state index in [0.29, 0.717) is 5.56 Å². The minimum atomic E-state index is -0.851. The lowest BCUT2D eigenvalue weighted by molar-refractivity contribution is -0.387. The Kier molecular flexibility index (Phi) is 3.19. The van der Waals surface area contributed by atoms with Crippen molar-refractivity contribution in [3.63, 3.8) is 0 Å². The molecule has 0 aliphatic rings. The van der Waals surface area contributed by atoms with Gasteiger partial charge in [-0.25, -0.2) is 0 Å². The normalized spacial score (nSPS) is 10.2. The standard InChI is InChI=1S/C12H7BrFNO2/c13-11-9(8-4-2-1-3-5-8)6-7-10(12(11)14)15(16)17/h1-7H. The van der Waals surface area contributed by atoms with Crippen molar-refractivity contribution in [3.8, 4) is 11.1 Å². The first-order chi connectivity index (χ1) is 8.11. The summed E-state index contributed by atoms with van der Waals surface area (Å²) in [4.78, 5) is 9.83. The Labute approximate surface area is 105 Å². The number of nitrogens with zero attached hydrogens (tertiary/aromatic N) is 1. The number of nitro benzene ring substituents is 1. The summed E-state index contributed by atoms with van der Waals surface area (Å²) in [7, 11) is 0. The second-order valence-electron chi connectivity index (χ2n) is 3.38. The van der Waals surface area contributed by atoms with Gasteiger partial charge in [0.1, 0.15) is 0 Å². The average Bonchev–Trinajstić information content (AvgIpc) is 2.33. The Balaban J connectivity index is 2.60. The van der Waals surface area contributed by atoms with E-state index in [0.717, 1.165) is 5.56 Å². The molecule has 0 aliphatic heterocycles. The molecule has 86 valence electrons. The van der Waals surface area contributed by atoms with Gasteiger partial charge in [-0.3, -0.25) is 10.1 Å². The van der Waals surface area contributed by atoms with Gasteiger partial charge in [0.25, 0.3) is 0 Å². The Morgan fingerprint density at radius 2 is 1.76 bits per heavy atom. The predicted octanol–water partition coefficient (Wildman–Crippen LogP) is 4.16. The molecule has 0 heterocycles. The summed E-state index contributed by atoms with van der Waals surface area (Å²) in [5.74, 6) is -0.851. The van der Waals surface area contributed by atoms with Crippen molar-refractivity contribution in [3.05, 3.63) is 62.9 Å². The first kappa shape index (κ1) is 11.7. The molecule has 0 radical (unpaired) electrons. The van der Waals surface area contributed by atoms with E-state index in [2.05, 4.69) is 15.9 Å². The predicted molar refractivity (Wildman–Crippen MR) is 66.2 cm³/mol. The molecule has 0 saturated carbocycles. The lowest BCUT2D eigenvalue weighted by atomic mass is 10.1. The van der Waals surface area contributed by atoms with Crippen molar-refractivity contribution in [1.29, 1.82) is 0 Å². The van der Waals surface area contributed by atoms with Crippen LogP contribution in [-0.4, -0.2) is 4.92 Å². The molecular formula is C12H7BrFNO2. The highest BCUT2D eigenvalue weighted by molar-refractivity contribution is 9.10. The van der Waals surface area contributed by atoms with Gasteiger partial charge < -0.3 is 0 Å². The van der Waals surface area contributed by atoms with Crippen LogP contribution in [-0.2, 0) is 0 Å². The third-order valence-electron chi connectivity index (χ3n) is 2.34. The van der Waals surface area contributed by atoms with E-state index in [1.807, 2.05) is 30.3 Å². The first-order valence-corrected chi connectivity index (χ1v) is 5.58. The highest BCUT2D eigenvalue weighted by Crippen LogP contribution is 2.34. The number of benzene rings is 2. The van der Waals surface area contributed by atoms with Crippen LogP contribution in [0.3, 0.4) is 0 Å². The lowest BCUT2D eigenvalue weighted by Crippen LogP contribution is -1.94. The second kappa shape index (κ2) is 4.63. The van der Waals surface area contributed by atoms with E-state index in [-0.39, 0.29) is 4.47 Å². The van der Waals surface area contributed by atoms with Crippen molar-refractivity contribution in [2.45, 2.75) is 0 Å². The fraction of sp³-hybridized carbons (Fsp3) is 0. The number of hydrogen-bond acceptors (Lipinski definition) is 2. The maximum atomic E-state index is 13.7. The van der Waals surface area contributed by atoms with E-state index >= 15 is 0 Å². The quantitative estimate of drug-likeness (QED) is 0.617. The summed E-state index contributed by atoms with van der Waals surface area (Å²) in [6.45, 7) is 0. The maximum absolute atomic E-state index is 13.7. The molecule has 0 N–H and O–H groups in total. The fourth-order valence-corrected chi connectivity index (χ4v) is 2.09. The molecule has 5 heteroatoms. The summed E-state index contributed by atoms with van der Waals surface area (Å²) < 4.78 is 13.8. The summed E-state index contributed by atoms with van der Waals surface area (Å²) in [5.41, 5.74) is 0.860. The molecule has 17 heavy (non-hydrogen) atoms. The molecule has 0 aromatic heterocycles. The van der Waals surface area contributed by atoms with Crippen molar-refractivity contribution >= 4 is 21.6 Å². The Morgan fingerprint density at radius 1 is 1.12 bits per heavy atom. The zero-order chi connectivity index (χ0) is 12.4. The molecule has 0 bridgehead atoms. The molecule has 2 aromatic rings. The van der Waals surface area contributed by atoms with Crippen LogP contribution in [0.2, 0.25) is 0 Å². The highest BCUT2D eigenvalue weighted by atomic mass is 79.9. The molecule has 0 fully saturated rings. The maximum Gasteiger partial charge on any atom is 0.306 e. The average molecular weight is 296 g/mol. The molecule has 0 amide bonds. The van der Waals surface area contributed by atoms with Crippen LogP contribution >= 0.6 is 15.9 Å². The van der Waals surface area contributed by atoms with Gasteiger partial charge in [0.2, 0.25) is 5.82 Å². The summed E-state index contributed by atoms with van der Waals surface area (Å²) >= 11 is 3.06. The number of hydrogen-bond donors (Lipinski definition) is 0. The first-order valence-electron chi connectivity index (χ1n) is 4.79. The highest BCUT2D eigenvalue weighted by Gasteiger charge is 2.19. The van der Waals surface area contributed by atoms with Crippen molar-refractivity contribution in [2.75, 3.05) is 0 Å². The van der Waals surface area contributed by atoms with E-state index in [1.54, 1.807) is 0 Å². The minimum Gasteiger partial charge on any atom is -0.258 e. The Bertz CT molecular complexity index is 572. The van der Waals surface area contributed by atoms with Crippen molar-refractivity contribution in [2.24, 2.45) is 0 Å². The monoisotopic (exact) mass is 295 g/mol. The van der Waals surface area contributed by atoms with Gasteiger partial charge in [-0.05, 0) is 33.1 Å². The van der Waals surface area contributed by atoms with Gasteiger partial charge in [0.05, 0.1) is 9.40 Å². The second-order valence-corrected chi connectivity index (χ2v) is 4.18.